The molecule has 1 N–H and O–H groups in total. The number of aryl methyl sites for hydroxylation is 1. The Morgan fingerprint density at radius 3 is 1.97 bits per heavy atom. The zero-order valence-electron chi connectivity index (χ0n) is 19.8. The second kappa shape index (κ2) is 9.71. The van der Waals surface area contributed by atoms with E-state index >= 15 is 0 Å². The van der Waals surface area contributed by atoms with Crippen molar-refractivity contribution in [3.05, 3.63) is 125 Å². The van der Waals surface area contributed by atoms with E-state index in [1.807, 2.05) is 67.6 Å². The van der Waals surface area contributed by atoms with Gasteiger partial charge in [-0.15, -0.1) is 0 Å². The quantitative estimate of drug-likeness (QED) is 0.206. The molecule has 0 saturated heterocycles. The molecule has 1 heterocycles. The van der Waals surface area contributed by atoms with Gasteiger partial charge in [-0.2, -0.15) is 5.10 Å². The molecule has 5 aromatic rings. The lowest BCUT2D eigenvalue weighted by atomic mass is 10.0. The first kappa shape index (κ1) is 24.0. The number of hydrogen-bond donors (Lipinski definition) is 1. The van der Waals surface area contributed by atoms with Gasteiger partial charge in [-0.3, -0.25) is 14.8 Å². The van der Waals surface area contributed by atoms with Crippen molar-refractivity contribution in [1.82, 2.24) is 9.78 Å². The zero-order chi connectivity index (χ0) is 26.0. The van der Waals surface area contributed by atoms with Crippen LogP contribution in [0.15, 0.2) is 114 Å². The van der Waals surface area contributed by atoms with E-state index in [9.17, 15) is 18.5 Å². The van der Waals surface area contributed by atoms with Gasteiger partial charge in [0.1, 0.15) is 5.69 Å². The zero-order valence-corrected chi connectivity index (χ0v) is 20.6. The Morgan fingerprint density at radius 2 is 1.38 bits per heavy atom. The van der Waals surface area contributed by atoms with E-state index in [-0.39, 0.29) is 16.4 Å². The van der Waals surface area contributed by atoms with Crippen LogP contribution >= 0.6 is 0 Å². The highest BCUT2D eigenvalue weighted by atomic mass is 32.2. The topological polar surface area (TPSA) is 107 Å². The van der Waals surface area contributed by atoms with Crippen molar-refractivity contribution in [1.29, 1.82) is 0 Å². The number of benzene rings is 4. The molecule has 0 unspecified atom stereocenters. The summed E-state index contributed by atoms with van der Waals surface area (Å²) in [5, 5.41) is 16.0. The SMILES string of the molecule is Cc1ccc(S(=O)(=O)Nc2c(-c3ccccc3)c(-c3ccc([N+](=O)[O-])cc3)nn2-c2ccccc2)cc1. The summed E-state index contributed by atoms with van der Waals surface area (Å²) in [5.74, 6) is 0.256. The molecular formula is C28H22N4O4S. The lowest BCUT2D eigenvalue weighted by Gasteiger charge is -2.13. The fourth-order valence-electron chi connectivity index (χ4n) is 3.99. The number of para-hydroxylation sites is 1. The smallest absolute Gasteiger partial charge is 0.263 e. The Labute approximate surface area is 214 Å². The molecule has 0 saturated carbocycles. The number of nitrogens with zero attached hydrogens (tertiary/aromatic N) is 3. The second-order valence-corrected chi connectivity index (χ2v) is 10.1. The van der Waals surface area contributed by atoms with Crippen molar-refractivity contribution in [3.8, 4) is 28.1 Å². The average Bonchev–Trinajstić information content (AvgIpc) is 3.28. The van der Waals surface area contributed by atoms with E-state index in [1.165, 1.54) is 12.1 Å². The summed E-state index contributed by atoms with van der Waals surface area (Å²) in [6.45, 7) is 1.89. The minimum atomic E-state index is -3.98. The summed E-state index contributed by atoms with van der Waals surface area (Å²) in [7, 11) is -3.98. The number of anilines is 1. The van der Waals surface area contributed by atoms with Gasteiger partial charge in [-0.1, -0.05) is 66.2 Å². The molecule has 0 bridgehead atoms. The first-order valence-electron chi connectivity index (χ1n) is 11.4. The van der Waals surface area contributed by atoms with E-state index in [0.717, 1.165) is 11.1 Å². The Balaban J connectivity index is 1.77. The molecular weight excluding hydrogens is 488 g/mol. The van der Waals surface area contributed by atoms with Gasteiger partial charge in [-0.05, 0) is 48.9 Å². The minimum Gasteiger partial charge on any atom is -0.263 e. The monoisotopic (exact) mass is 510 g/mol. The molecule has 1 aromatic heterocycles. The number of hydrogen-bond acceptors (Lipinski definition) is 5. The summed E-state index contributed by atoms with van der Waals surface area (Å²) >= 11 is 0. The highest BCUT2D eigenvalue weighted by molar-refractivity contribution is 7.92. The van der Waals surface area contributed by atoms with Crippen LogP contribution in [0, 0.1) is 17.0 Å². The van der Waals surface area contributed by atoms with Crippen LogP contribution in [0.1, 0.15) is 5.56 Å². The fourth-order valence-corrected chi connectivity index (χ4v) is 5.05. The van der Waals surface area contributed by atoms with Crippen LogP contribution in [-0.4, -0.2) is 23.1 Å². The van der Waals surface area contributed by atoms with Crippen molar-refractivity contribution < 1.29 is 13.3 Å². The fraction of sp³-hybridized carbons (Fsp3) is 0.0357. The molecule has 4 aromatic carbocycles. The van der Waals surface area contributed by atoms with Gasteiger partial charge in [0.05, 0.1) is 21.1 Å². The van der Waals surface area contributed by atoms with E-state index in [1.54, 1.807) is 41.1 Å². The van der Waals surface area contributed by atoms with E-state index in [4.69, 9.17) is 5.10 Å². The minimum absolute atomic E-state index is 0.0483. The summed E-state index contributed by atoms with van der Waals surface area (Å²) in [4.78, 5) is 10.9. The second-order valence-electron chi connectivity index (χ2n) is 8.41. The normalized spacial score (nSPS) is 11.3. The van der Waals surface area contributed by atoms with Crippen LogP contribution in [0.5, 0.6) is 0 Å². The van der Waals surface area contributed by atoms with Gasteiger partial charge in [0.15, 0.2) is 5.82 Å². The van der Waals surface area contributed by atoms with Crippen molar-refractivity contribution >= 4 is 21.5 Å². The first-order chi connectivity index (χ1) is 17.8. The highest BCUT2D eigenvalue weighted by Gasteiger charge is 2.26. The van der Waals surface area contributed by atoms with Crippen molar-refractivity contribution in [2.24, 2.45) is 0 Å². The van der Waals surface area contributed by atoms with Crippen LogP contribution in [-0.2, 0) is 10.0 Å². The van der Waals surface area contributed by atoms with Crippen LogP contribution in [0.3, 0.4) is 0 Å². The molecule has 8 nitrogen and oxygen atoms in total. The van der Waals surface area contributed by atoms with Gasteiger partial charge >= 0.3 is 0 Å². The standard InChI is InChI=1S/C28H22N4O4S/c1-20-12-18-25(19-13-20)37(35,36)30-28-26(21-8-4-2-5-9-21)27(22-14-16-24(17-15-22)32(33)34)29-31(28)23-10-6-3-7-11-23/h2-19,30H,1H3. The van der Waals surface area contributed by atoms with Crippen LogP contribution in [0.4, 0.5) is 11.5 Å². The number of rotatable bonds is 7. The Bertz CT molecular complexity index is 1660. The Kier molecular flexibility index (Phi) is 6.29. The summed E-state index contributed by atoms with van der Waals surface area (Å²) in [6, 6.07) is 31.1. The van der Waals surface area contributed by atoms with Crippen LogP contribution in [0.25, 0.3) is 28.1 Å². The number of aromatic nitrogens is 2. The van der Waals surface area contributed by atoms with Gasteiger partial charge in [0, 0.05) is 17.7 Å². The lowest BCUT2D eigenvalue weighted by Crippen LogP contribution is -2.16. The maximum atomic E-state index is 13.5. The Hall–Kier alpha value is -4.76. The Morgan fingerprint density at radius 1 is 0.784 bits per heavy atom. The maximum Gasteiger partial charge on any atom is 0.269 e. The molecule has 0 aliphatic heterocycles. The number of nitrogens with one attached hydrogen (secondary N) is 1. The van der Waals surface area contributed by atoms with Gasteiger partial charge in [0.2, 0.25) is 0 Å². The molecule has 0 aliphatic carbocycles. The third-order valence-corrected chi connectivity index (χ3v) is 7.22. The third-order valence-electron chi connectivity index (χ3n) is 5.86. The largest absolute Gasteiger partial charge is 0.269 e. The number of sulfonamides is 1. The average molecular weight is 511 g/mol. The van der Waals surface area contributed by atoms with Crippen LogP contribution < -0.4 is 4.72 Å². The van der Waals surface area contributed by atoms with E-state index < -0.39 is 14.9 Å². The summed E-state index contributed by atoms with van der Waals surface area (Å²) < 4.78 is 31.4. The van der Waals surface area contributed by atoms with Gasteiger partial charge in [0.25, 0.3) is 15.7 Å². The lowest BCUT2D eigenvalue weighted by molar-refractivity contribution is -0.384. The van der Waals surface area contributed by atoms with Crippen molar-refractivity contribution in [2.75, 3.05) is 4.72 Å². The molecule has 9 heteroatoms. The van der Waals surface area contributed by atoms with Crippen molar-refractivity contribution in [3.63, 3.8) is 0 Å². The van der Waals surface area contributed by atoms with E-state index in [0.29, 0.717) is 22.5 Å². The third kappa shape index (κ3) is 4.85. The molecule has 0 fully saturated rings. The van der Waals surface area contributed by atoms with Crippen LogP contribution in [0.2, 0.25) is 0 Å². The summed E-state index contributed by atoms with van der Waals surface area (Å²) in [6.07, 6.45) is 0. The number of non-ortho nitro benzene ring substituents is 1. The molecule has 0 aliphatic rings. The summed E-state index contributed by atoms with van der Waals surface area (Å²) in [5.41, 5.74) is 3.91. The molecule has 0 amide bonds. The molecule has 5 rings (SSSR count). The highest BCUT2D eigenvalue weighted by Crippen LogP contribution is 2.40. The predicted molar refractivity (Wildman–Crippen MR) is 143 cm³/mol. The molecule has 37 heavy (non-hydrogen) atoms. The number of nitro benzene ring substituents is 1. The van der Waals surface area contributed by atoms with Crippen molar-refractivity contribution in [2.45, 2.75) is 11.8 Å². The van der Waals surface area contributed by atoms with E-state index in [2.05, 4.69) is 4.72 Å². The number of nitro groups is 1. The van der Waals surface area contributed by atoms with Gasteiger partial charge in [-0.25, -0.2) is 13.1 Å². The molecule has 0 spiro atoms. The predicted octanol–water partition coefficient (Wildman–Crippen LogP) is 6.22. The molecule has 0 atom stereocenters. The maximum absolute atomic E-state index is 13.5. The van der Waals surface area contributed by atoms with Gasteiger partial charge < -0.3 is 0 Å². The molecule has 0 radical (unpaired) electrons. The first-order valence-corrected chi connectivity index (χ1v) is 12.9. The molecule has 184 valence electrons.